The van der Waals surface area contributed by atoms with Gasteiger partial charge in [0.2, 0.25) is 0 Å². The van der Waals surface area contributed by atoms with Crippen LogP contribution in [0, 0.1) is 9.39 Å². The molecule has 19 heavy (non-hydrogen) atoms. The van der Waals surface area contributed by atoms with E-state index in [4.69, 9.17) is 11.6 Å². The zero-order valence-corrected chi connectivity index (χ0v) is 14.2. The zero-order chi connectivity index (χ0) is 14.0. The molecule has 0 heterocycles. The highest BCUT2D eigenvalue weighted by molar-refractivity contribution is 14.1. The van der Waals surface area contributed by atoms with Crippen LogP contribution in [0.4, 0.5) is 4.39 Å². The fourth-order valence-corrected chi connectivity index (χ4v) is 3.16. The smallest absolute Gasteiger partial charge is 0.124 e. The molecule has 1 N–H and O–H groups in total. The van der Waals surface area contributed by atoms with Gasteiger partial charge in [0.1, 0.15) is 5.82 Å². The number of benzene rings is 2. The number of hydrogen-bond donors (Lipinski definition) is 1. The normalized spacial score (nSPS) is 12.5. The van der Waals surface area contributed by atoms with Crippen molar-refractivity contribution >= 4 is 50.1 Å². The van der Waals surface area contributed by atoms with Crippen LogP contribution in [0.2, 0.25) is 5.02 Å². The van der Waals surface area contributed by atoms with E-state index in [9.17, 15) is 9.50 Å². The molecule has 5 heteroatoms. The van der Waals surface area contributed by atoms with Crippen molar-refractivity contribution in [3.05, 3.63) is 66.4 Å². The van der Waals surface area contributed by atoms with Gasteiger partial charge in [-0.3, -0.25) is 0 Å². The summed E-state index contributed by atoms with van der Waals surface area (Å²) >= 11 is 11.4. The summed E-state index contributed by atoms with van der Waals surface area (Å²) in [6.45, 7) is 0. The second-order valence-electron chi connectivity index (χ2n) is 4.12. The van der Waals surface area contributed by atoms with Crippen molar-refractivity contribution < 1.29 is 9.50 Å². The predicted molar refractivity (Wildman–Crippen MR) is 86.9 cm³/mol. The molecule has 0 aromatic heterocycles. The summed E-state index contributed by atoms with van der Waals surface area (Å²) in [7, 11) is 0. The van der Waals surface area contributed by atoms with Crippen LogP contribution in [0.5, 0.6) is 0 Å². The minimum Gasteiger partial charge on any atom is -0.388 e. The van der Waals surface area contributed by atoms with E-state index in [0.717, 1.165) is 14.7 Å². The molecule has 2 aromatic rings. The third-order valence-electron chi connectivity index (χ3n) is 2.75. The molecule has 2 aromatic carbocycles. The van der Waals surface area contributed by atoms with Crippen LogP contribution in [0.15, 0.2) is 40.9 Å². The Morgan fingerprint density at radius 2 is 2.00 bits per heavy atom. The van der Waals surface area contributed by atoms with Crippen molar-refractivity contribution in [3.63, 3.8) is 0 Å². The molecule has 1 atom stereocenters. The summed E-state index contributed by atoms with van der Waals surface area (Å²) in [4.78, 5) is 0. The lowest BCUT2D eigenvalue weighted by molar-refractivity contribution is 0.177. The molecule has 0 radical (unpaired) electrons. The van der Waals surface area contributed by atoms with E-state index >= 15 is 0 Å². The van der Waals surface area contributed by atoms with Crippen LogP contribution in [0.1, 0.15) is 17.2 Å². The molecule has 0 bridgehead atoms. The van der Waals surface area contributed by atoms with Gasteiger partial charge in [-0.25, -0.2) is 4.39 Å². The van der Waals surface area contributed by atoms with E-state index in [1.807, 2.05) is 6.07 Å². The Balaban J connectivity index is 2.25. The number of aliphatic hydroxyl groups excluding tert-OH is 1. The van der Waals surface area contributed by atoms with Crippen LogP contribution < -0.4 is 0 Å². The summed E-state index contributed by atoms with van der Waals surface area (Å²) in [5.74, 6) is -0.303. The van der Waals surface area contributed by atoms with Gasteiger partial charge in [0, 0.05) is 19.5 Å². The number of halogens is 4. The van der Waals surface area contributed by atoms with Gasteiger partial charge in [-0.1, -0.05) is 33.6 Å². The van der Waals surface area contributed by atoms with Gasteiger partial charge in [0.25, 0.3) is 0 Å². The van der Waals surface area contributed by atoms with E-state index in [0.29, 0.717) is 15.9 Å². The SMILES string of the molecule is OC(Cc1ccc(F)cc1Br)c1cc(Cl)ccc1I. The number of hydrogen-bond acceptors (Lipinski definition) is 1. The molecule has 0 aliphatic carbocycles. The minimum absolute atomic E-state index is 0.303. The van der Waals surface area contributed by atoms with Gasteiger partial charge in [0.15, 0.2) is 0 Å². The quantitative estimate of drug-likeness (QED) is 0.637. The third-order valence-corrected chi connectivity index (χ3v) is 4.70. The number of aliphatic hydroxyl groups is 1. The van der Waals surface area contributed by atoms with Gasteiger partial charge in [-0.05, 0) is 64.0 Å². The second kappa shape index (κ2) is 6.52. The first-order chi connectivity index (χ1) is 8.97. The molecule has 0 saturated carbocycles. The van der Waals surface area contributed by atoms with Gasteiger partial charge < -0.3 is 5.11 Å². The lowest BCUT2D eigenvalue weighted by Crippen LogP contribution is -2.04. The van der Waals surface area contributed by atoms with Gasteiger partial charge in [-0.15, -0.1) is 0 Å². The largest absolute Gasteiger partial charge is 0.388 e. The Bertz CT molecular complexity index is 606. The molecular formula is C14H10BrClFIO. The fourth-order valence-electron chi connectivity index (χ4n) is 1.78. The van der Waals surface area contributed by atoms with Crippen LogP contribution in [-0.4, -0.2) is 5.11 Å². The summed E-state index contributed by atoms with van der Waals surface area (Å²) in [5, 5.41) is 10.9. The van der Waals surface area contributed by atoms with Crippen LogP contribution in [0.3, 0.4) is 0 Å². The molecule has 2 rings (SSSR count). The predicted octanol–water partition coefficient (Wildman–Crippen LogP) is 5.12. The monoisotopic (exact) mass is 454 g/mol. The number of rotatable bonds is 3. The van der Waals surface area contributed by atoms with Crippen molar-refractivity contribution in [2.24, 2.45) is 0 Å². The second-order valence-corrected chi connectivity index (χ2v) is 6.57. The van der Waals surface area contributed by atoms with Crippen LogP contribution in [-0.2, 0) is 6.42 Å². The summed E-state index contributed by atoms with van der Waals surface area (Å²) in [6, 6.07) is 9.85. The van der Waals surface area contributed by atoms with Gasteiger partial charge in [0.05, 0.1) is 6.10 Å². The maximum absolute atomic E-state index is 13.0. The first-order valence-electron chi connectivity index (χ1n) is 5.54. The molecular weight excluding hydrogens is 445 g/mol. The van der Waals surface area contributed by atoms with E-state index in [1.54, 1.807) is 18.2 Å². The molecule has 0 amide bonds. The first kappa shape index (κ1) is 15.2. The molecule has 0 spiro atoms. The van der Waals surface area contributed by atoms with Crippen molar-refractivity contribution in [2.45, 2.75) is 12.5 Å². The van der Waals surface area contributed by atoms with Crippen LogP contribution in [0.25, 0.3) is 0 Å². The highest BCUT2D eigenvalue weighted by Gasteiger charge is 2.14. The summed E-state index contributed by atoms with van der Waals surface area (Å²) < 4.78 is 14.6. The van der Waals surface area contributed by atoms with Gasteiger partial charge in [-0.2, -0.15) is 0 Å². The Morgan fingerprint density at radius 3 is 2.68 bits per heavy atom. The van der Waals surface area contributed by atoms with E-state index < -0.39 is 6.10 Å². The Labute approximate surface area is 138 Å². The molecule has 0 fully saturated rings. The van der Waals surface area contributed by atoms with Crippen LogP contribution >= 0.6 is 50.1 Å². The average Bonchev–Trinajstić information content (AvgIpc) is 2.35. The van der Waals surface area contributed by atoms with E-state index in [1.165, 1.54) is 12.1 Å². The van der Waals surface area contributed by atoms with E-state index in [2.05, 4.69) is 38.5 Å². The van der Waals surface area contributed by atoms with Crippen molar-refractivity contribution in [2.75, 3.05) is 0 Å². The Morgan fingerprint density at radius 1 is 1.26 bits per heavy atom. The van der Waals surface area contributed by atoms with Crippen molar-refractivity contribution in [3.8, 4) is 0 Å². The molecule has 100 valence electrons. The molecule has 0 aliphatic heterocycles. The lowest BCUT2D eigenvalue weighted by Gasteiger charge is -2.14. The molecule has 1 nitrogen and oxygen atoms in total. The summed E-state index contributed by atoms with van der Waals surface area (Å²) in [5.41, 5.74) is 1.63. The lowest BCUT2D eigenvalue weighted by atomic mass is 10.0. The molecule has 0 saturated heterocycles. The van der Waals surface area contributed by atoms with Crippen molar-refractivity contribution in [1.82, 2.24) is 0 Å². The summed E-state index contributed by atoms with van der Waals surface area (Å²) in [6.07, 6.45) is -0.274. The van der Waals surface area contributed by atoms with E-state index in [-0.39, 0.29) is 5.82 Å². The first-order valence-corrected chi connectivity index (χ1v) is 7.79. The maximum atomic E-state index is 13.0. The third kappa shape index (κ3) is 3.90. The minimum atomic E-state index is -0.674. The van der Waals surface area contributed by atoms with Gasteiger partial charge >= 0.3 is 0 Å². The Kier molecular flexibility index (Phi) is 5.22. The maximum Gasteiger partial charge on any atom is 0.124 e. The standard InChI is InChI=1S/C14H10BrClFIO/c15-12-7-10(17)3-1-8(12)5-14(19)11-6-9(16)2-4-13(11)18/h1-4,6-7,14,19H,5H2. The molecule has 1 unspecified atom stereocenters. The highest BCUT2D eigenvalue weighted by Crippen LogP contribution is 2.28. The zero-order valence-electron chi connectivity index (χ0n) is 9.71. The Hall–Kier alpha value is -0.170. The highest BCUT2D eigenvalue weighted by atomic mass is 127. The average molecular weight is 455 g/mol. The molecule has 0 aliphatic rings. The van der Waals surface area contributed by atoms with Crippen molar-refractivity contribution in [1.29, 1.82) is 0 Å². The topological polar surface area (TPSA) is 20.2 Å². The fraction of sp³-hybridized carbons (Fsp3) is 0.143.